The molecule has 12 nitrogen and oxygen atoms in total. The van der Waals surface area contributed by atoms with Gasteiger partial charge in [0.15, 0.2) is 11.9 Å². The summed E-state index contributed by atoms with van der Waals surface area (Å²) in [6.45, 7) is 2.49. The minimum atomic E-state index is -4.76. The lowest BCUT2D eigenvalue weighted by atomic mass is 10.1. The predicted molar refractivity (Wildman–Crippen MR) is 245 cm³/mol. The van der Waals surface area contributed by atoms with Crippen molar-refractivity contribution in [3.63, 3.8) is 0 Å². The number of hydrogen-bond donors (Lipinski definition) is 3. The molecule has 0 fully saturated rings. The third-order valence-corrected chi connectivity index (χ3v) is 9.73. The third-order valence-electron chi connectivity index (χ3n) is 8.78. The fourth-order valence-corrected chi connectivity index (χ4v) is 6.01. The van der Waals surface area contributed by atoms with E-state index in [4.69, 9.17) is 24.8 Å². The topological polar surface area (TPSA) is 189 Å². The number of phosphoric acid groups is 1. The molecule has 0 rings (SSSR count). The van der Waals surface area contributed by atoms with Crippen molar-refractivity contribution >= 4 is 31.5 Å². The first-order valence-electron chi connectivity index (χ1n) is 22.2. The number of carboxylic acids is 1. The first kappa shape index (κ1) is 57.1. The summed E-state index contributed by atoms with van der Waals surface area (Å²) in [7, 11) is -4.76. The standard InChI is InChI=1S/C48H76NO11P/c1-3-5-7-8-9-10-11-12-13-14-15-16-17-18-21-25-28-31-35-39-47(52)60-44(41-58-61(55,56)59-42-45(49)48(53)54)40-57-46(51)38-34-30-27-24-22-19-20-23-26-29-33-37-43(50)36-32-6-4-2/h9-10,12-13,15-16,18-21,24,26-27,29,33,37,44-45H,3-8,11,14,17,22-23,25,28,30-32,34-36,38-42,49H2,1-2H3,(H,53,54)(H,55,56)/b10-9-,13-12-,16-15-,20-19-,21-18-,27-24-,29-26-,37-33+/t44-,45+/m1/s1. The number of carbonyl (C=O) groups excluding carboxylic acids is 3. The molecule has 0 radical (unpaired) electrons. The highest BCUT2D eigenvalue weighted by Gasteiger charge is 2.28. The van der Waals surface area contributed by atoms with E-state index in [1.54, 1.807) is 12.2 Å². The number of hydrogen-bond acceptors (Lipinski definition) is 10. The summed E-state index contributed by atoms with van der Waals surface area (Å²) in [5.41, 5.74) is 5.32. The van der Waals surface area contributed by atoms with E-state index < -0.39 is 57.7 Å². The zero-order chi connectivity index (χ0) is 45.1. The molecule has 0 bridgehead atoms. The molecule has 0 aromatic heterocycles. The number of ketones is 1. The minimum Gasteiger partial charge on any atom is -0.480 e. The van der Waals surface area contributed by atoms with Crippen molar-refractivity contribution in [1.82, 2.24) is 0 Å². The second-order valence-electron chi connectivity index (χ2n) is 14.5. The number of esters is 2. The molecular weight excluding hydrogens is 797 g/mol. The Morgan fingerprint density at radius 3 is 1.61 bits per heavy atom. The van der Waals surface area contributed by atoms with Gasteiger partial charge in [-0.1, -0.05) is 137 Å². The van der Waals surface area contributed by atoms with Crippen molar-refractivity contribution in [3.8, 4) is 0 Å². The second kappa shape index (κ2) is 41.4. The van der Waals surface area contributed by atoms with Crippen LogP contribution in [0.25, 0.3) is 0 Å². The van der Waals surface area contributed by atoms with Gasteiger partial charge in [0.25, 0.3) is 0 Å². The molecule has 1 unspecified atom stereocenters. The summed E-state index contributed by atoms with van der Waals surface area (Å²) in [6.07, 6.45) is 48.9. The maximum atomic E-state index is 12.6. The van der Waals surface area contributed by atoms with Crippen LogP contribution < -0.4 is 5.73 Å². The van der Waals surface area contributed by atoms with Crippen molar-refractivity contribution < 1.29 is 52.3 Å². The van der Waals surface area contributed by atoms with Crippen LogP contribution in [0.3, 0.4) is 0 Å². The molecule has 0 saturated heterocycles. The van der Waals surface area contributed by atoms with Crippen LogP contribution in [-0.4, -0.2) is 65.7 Å². The van der Waals surface area contributed by atoms with Gasteiger partial charge in [0, 0.05) is 19.3 Å². The van der Waals surface area contributed by atoms with Crippen molar-refractivity contribution in [2.75, 3.05) is 19.8 Å². The normalized spacial score (nSPS) is 14.5. The average Bonchev–Trinajstić information content (AvgIpc) is 3.23. The largest absolute Gasteiger partial charge is 0.480 e. The smallest absolute Gasteiger partial charge is 0.472 e. The van der Waals surface area contributed by atoms with Crippen molar-refractivity contribution in [1.29, 1.82) is 0 Å². The Hall–Kier alpha value is -3.93. The monoisotopic (exact) mass is 874 g/mol. The molecule has 0 amide bonds. The van der Waals surface area contributed by atoms with Crippen LogP contribution in [0, 0.1) is 0 Å². The maximum absolute atomic E-state index is 12.6. The van der Waals surface area contributed by atoms with Crippen LogP contribution in [0.1, 0.15) is 149 Å². The lowest BCUT2D eigenvalue weighted by molar-refractivity contribution is -0.161. The zero-order valence-corrected chi connectivity index (χ0v) is 37.9. The van der Waals surface area contributed by atoms with Gasteiger partial charge in [-0.2, -0.15) is 0 Å². The minimum absolute atomic E-state index is 0.0940. The van der Waals surface area contributed by atoms with E-state index in [0.29, 0.717) is 25.7 Å². The fourth-order valence-electron chi connectivity index (χ4n) is 5.23. The van der Waals surface area contributed by atoms with Gasteiger partial charge in [-0.15, -0.1) is 0 Å². The number of unbranched alkanes of at least 4 members (excludes halogenated alkanes) is 9. The number of nitrogens with two attached hydrogens (primary N) is 1. The predicted octanol–water partition coefficient (Wildman–Crippen LogP) is 11.2. The highest BCUT2D eigenvalue weighted by atomic mass is 31.2. The second-order valence-corrected chi connectivity index (χ2v) is 16.0. The number of allylic oxidation sites excluding steroid dienone is 16. The van der Waals surface area contributed by atoms with Crippen molar-refractivity contribution in [2.45, 2.75) is 161 Å². The summed E-state index contributed by atoms with van der Waals surface area (Å²) >= 11 is 0. The van der Waals surface area contributed by atoms with Crippen LogP contribution in [0.15, 0.2) is 97.2 Å². The molecule has 0 saturated carbocycles. The molecule has 4 N–H and O–H groups in total. The van der Waals surface area contributed by atoms with Crippen LogP contribution >= 0.6 is 7.82 Å². The molecule has 0 aromatic carbocycles. The number of carbonyl (C=O) groups is 4. The van der Waals surface area contributed by atoms with Gasteiger partial charge in [0.2, 0.25) is 0 Å². The molecule has 61 heavy (non-hydrogen) atoms. The van der Waals surface area contributed by atoms with E-state index >= 15 is 0 Å². The van der Waals surface area contributed by atoms with Gasteiger partial charge in [0.1, 0.15) is 12.6 Å². The Kier molecular flexibility index (Phi) is 38.8. The van der Waals surface area contributed by atoms with E-state index in [0.717, 1.165) is 77.0 Å². The zero-order valence-electron chi connectivity index (χ0n) is 37.0. The molecule has 344 valence electrons. The van der Waals surface area contributed by atoms with E-state index in [1.165, 1.54) is 19.3 Å². The summed E-state index contributed by atoms with van der Waals surface area (Å²) in [4.78, 5) is 57.7. The van der Waals surface area contributed by atoms with E-state index in [1.807, 2.05) is 36.5 Å². The molecule has 0 aliphatic carbocycles. The highest BCUT2D eigenvalue weighted by molar-refractivity contribution is 7.47. The average molecular weight is 874 g/mol. The Morgan fingerprint density at radius 2 is 1.03 bits per heavy atom. The Bertz CT molecular complexity index is 1460. The van der Waals surface area contributed by atoms with Crippen LogP contribution in [0.2, 0.25) is 0 Å². The molecule has 13 heteroatoms. The van der Waals surface area contributed by atoms with Gasteiger partial charge in [-0.25, -0.2) is 4.57 Å². The summed E-state index contributed by atoms with van der Waals surface area (Å²) < 4.78 is 32.6. The number of rotatable bonds is 40. The lowest BCUT2D eigenvalue weighted by Crippen LogP contribution is -2.34. The molecule has 3 atom stereocenters. The van der Waals surface area contributed by atoms with E-state index in [-0.39, 0.29) is 18.6 Å². The molecule has 0 aliphatic heterocycles. The highest BCUT2D eigenvalue weighted by Crippen LogP contribution is 2.43. The molecule has 0 aromatic rings. The van der Waals surface area contributed by atoms with E-state index in [9.17, 15) is 28.6 Å². The molecule has 0 aliphatic rings. The van der Waals surface area contributed by atoms with Gasteiger partial charge < -0.3 is 25.2 Å². The van der Waals surface area contributed by atoms with E-state index in [2.05, 4.69) is 67.0 Å². The maximum Gasteiger partial charge on any atom is 0.472 e. The van der Waals surface area contributed by atoms with Gasteiger partial charge in [0.05, 0.1) is 13.2 Å². The summed E-state index contributed by atoms with van der Waals surface area (Å²) in [6, 6.07) is -1.55. The van der Waals surface area contributed by atoms with Crippen LogP contribution in [-0.2, 0) is 42.3 Å². The first-order valence-corrected chi connectivity index (χ1v) is 23.7. The van der Waals surface area contributed by atoms with Crippen molar-refractivity contribution in [2.24, 2.45) is 5.73 Å². The Balaban J connectivity index is 4.57. The molecule has 0 heterocycles. The van der Waals surface area contributed by atoms with Crippen molar-refractivity contribution in [3.05, 3.63) is 97.2 Å². The quantitative estimate of drug-likeness (QED) is 0.0132. The first-order chi connectivity index (χ1) is 29.5. The SMILES string of the molecule is CCCCC/C=C\C/C=C\C/C=C\C/C=C\CCCCCC(=O)O[C@H](COC(=O)CCC/C=C\C/C=C\C/C=C\C=C\C(=O)CCCCC)COP(=O)(O)OC[C@H](N)C(=O)O. The number of carboxylic acid groups (broad SMARTS) is 1. The molecule has 0 spiro atoms. The third kappa shape index (κ3) is 41.2. The van der Waals surface area contributed by atoms with Crippen LogP contribution in [0.4, 0.5) is 0 Å². The van der Waals surface area contributed by atoms with Crippen LogP contribution in [0.5, 0.6) is 0 Å². The van der Waals surface area contributed by atoms with Gasteiger partial charge in [-0.3, -0.25) is 28.2 Å². The van der Waals surface area contributed by atoms with Gasteiger partial charge in [-0.05, 0) is 89.5 Å². The lowest BCUT2D eigenvalue weighted by Gasteiger charge is -2.20. The van der Waals surface area contributed by atoms with Gasteiger partial charge >= 0.3 is 25.7 Å². The number of phosphoric ester groups is 1. The number of ether oxygens (including phenoxy) is 2. The molecular formula is C48H76NO11P. The fraction of sp³-hybridized carbons (Fsp3) is 0.583. The summed E-state index contributed by atoms with van der Waals surface area (Å²) in [5.74, 6) is -2.40. The number of aliphatic carboxylic acids is 1. The Morgan fingerprint density at radius 1 is 0.557 bits per heavy atom. The summed E-state index contributed by atoms with van der Waals surface area (Å²) in [5, 5.41) is 8.89. The Labute approximate surface area is 366 Å².